The van der Waals surface area contributed by atoms with E-state index in [0.717, 1.165) is 16.5 Å². The number of nitrogens with one attached hydrogen (secondary N) is 2. The van der Waals surface area contributed by atoms with Crippen LogP contribution in [0.2, 0.25) is 0 Å². The van der Waals surface area contributed by atoms with Crippen molar-refractivity contribution in [3.63, 3.8) is 0 Å². The van der Waals surface area contributed by atoms with Crippen LogP contribution in [0, 0.1) is 0 Å². The minimum Gasteiger partial charge on any atom is -0.496 e. The standard InChI is InChI=1S/C26H24N2O4S/c1-32-24-11-5-4-10-23(24)26(29)27-17-19-13-15-20(16-14-19)18-28-33(30,31)25-12-6-8-21-7-2-3-9-22(21)25/h2-16,28H,17-18H2,1H3,(H,27,29). The molecule has 168 valence electrons. The number of sulfonamides is 1. The lowest BCUT2D eigenvalue weighted by Gasteiger charge is -2.11. The van der Waals surface area contributed by atoms with E-state index in [4.69, 9.17) is 4.74 Å². The topological polar surface area (TPSA) is 84.5 Å². The van der Waals surface area contributed by atoms with Crippen LogP contribution in [0.1, 0.15) is 21.5 Å². The molecule has 6 nitrogen and oxygen atoms in total. The van der Waals surface area contributed by atoms with E-state index in [9.17, 15) is 13.2 Å². The largest absolute Gasteiger partial charge is 0.496 e. The molecular formula is C26H24N2O4S. The number of para-hydroxylation sites is 1. The summed E-state index contributed by atoms with van der Waals surface area (Å²) in [5.74, 6) is 0.295. The first-order valence-corrected chi connectivity index (χ1v) is 11.9. The van der Waals surface area contributed by atoms with Crippen molar-refractivity contribution in [3.8, 4) is 5.75 Å². The zero-order chi connectivity index (χ0) is 23.3. The molecule has 0 saturated heterocycles. The molecule has 4 aromatic rings. The quantitative estimate of drug-likeness (QED) is 0.412. The Morgan fingerprint density at radius 2 is 1.42 bits per heavy atom. The van der Waals surface area contributed by atoms with Crippen LogP contribution in [0.25, 0.3) is 10.8 Å². The minimum atomic E-state index is -3.67. The van der Waals surface area contributed by atoms with Gasteiger partial charge in [-0.1, -0.05) is 72.8 Å². The van der Waals surface area contributed by atoms with Gasteiger partial charge in [-0.25, -0.2) is 13.1 Å². The van der Waals surface area contributed by atoms with E-state index < -0.39 is 10.0 Å². The van der Waals surface area contributed by atoms with Crippen molar-refractivity contribution in [1.29, 1.82) is 0 Å². The Morgan fingerprint density at radius 3 is 2.18 bits per heavy atom. The highest BCUT2D eigenvalue weighted by atomic mass is 32.2. The van der Waals surface area contributed by atoms with Crippen molar-refractivity contribution in [2.75, 3.05) is 7.11 Å². The van der Waals surface area contributed by atoms with E-state index >= 15 is 0 Å². The molecule has 7 heteroatoms. The van der Waals surface area contributed by atoms with Crippen LogP contribution in [-0.4, -0.2) is 21.4 Å². The third-order valence-electron chi connectivity index (χ3n) is 5.33. The van der Waals surface area contributed by atoms with Crippen LogP contribution in [0.15, 0.2) is 95.9 Å². The first-order valence-electron chi connectivity index (χ1n) is 10.4. The summed E-state index contributed by atoms with van der Waals surface area (Å²) < 4.78 is 33.7. The SMILES string of the molecule is COc1ccccc1C(=O)NCc1ccc(CNS(=O)(=O)c2cccc3ccccc23)cc1. The number of amides is 1. The second-order valence-electron chi connectivity index (χ2n) is 7.50. The summed E-state index contributed by atoms with van der Waals surface area (Å²) >= 11 is 0. The number of ether oxygens (including phenoxy) is 1. The fraction of sp³-hybridized carbons (Fsp3) is 0.115. The van der Waals surface area contributed by atoms with Gasteiger partial charge >= 0.3 is 0 Å². The van der Waals surface area contributed by atoms with Gasteiger partial charge in [0, 0.05) is 18.5 Å². The molecule has 0 aliphatic heterocycles. The van der Waals surface area contributed by atoms with Crippen LogP contribution < -0.4 is 14.8 Å². The molecule has 0 aliphatic rings. The monoisotopic (exact) mass is 460 g/mol. The molecule has 4 rings (SSSR count). The van der Waals surface area contributed by atoms with Gasteiger partial charge in [0.2, 0.25) is 10.0 Å². The van der Waals surface area contributed by atoms with Crippen LogP contribution >= 0.6 is 0 Å². The molecule has 0 bridgehead atoms. The number of carbonyl (C=O) groups is 1. The molecule has 0 spiro atoms. The normalized spacial score (nSPS) is 11.3. The van der Waals surface area contributed by atoms with Gasteiger partial charge in [0.25, 0.3) is 5.91 Å². The molecule has 0 heterocycles. The van der Waals surface area contributed by atoms with Crippen molar-refractivity contribution < 1.29 is 17.9 Å². The fourth-order valence-electron chi connectivity index (χ4n) is 3.57. The number of carbonyl (C=O) groups excluding carboxylic acids is 1. The summed E-state index contributed by atoms with van der Waals surface area (Å²) in [5.41, 5.74) is 2.19. The Hall–Kier alpha value is -3.68. The lowest BCUT2D eigenvalue weighted by Crippen LogP contribution is -2.24. The Balaban J connectivity index is 1.38. The van der Waals surface area contributed by atoms with E-state index in [0.29, 0.717) is 23.2 Å². The van der Waals surface area contributed by atoms with Gasteiger partial charge in [-0.3, -0.25) is 4.79 Å². The zero-order valence-electron chi connectivity index (χ0n) is 18.1. The van der Waals surface area contributed by atoms with Crippen molar-refractivity contribution in [3.05, 3.63) is 108 Å². The zero-order valence-corrected chi connectivity index (χ0v) is 18.9. The van der Waals surface area contributed by atoms with Gasteiger partial charge in [0.15, 0.2) is 0 Å². The average molecular weight is 461 g/mol. The molecule has 0 aliphatic carbocycles. The Morgan fingerprint density at radius 1 is 0.788 bits per heavy atom. The molecule has 2 N–H and O–H groups in total. The highest BCUT2D eigenvalue weighted by Crippen LogP contribution is 2.23. The van der Waals surface area contributed by atoms with Crippen molar-refractivity contribution >= 4 is 26.7 Å². The fourth-order valence-corrected chi connectivity index (χ4v) is 4.82. The molecule has 0 atom stereocenters. The molecule has 33 heavy (non-hydrogen) atoms. The molecule has 0 fully saturated rings. The number of methoxy groups -OCH3 is 1. The summed E-state index contributed by atoms with van der Waals surface area (Å²) in [7, 11) is -2.15. The van der Waals surface area contributed by atoms with E-state index in [-0.39, 0.29) is 17.3 Å². The van der Waals surface area contributed by atoms with Gasteiger partial charge in [0.1, 0.15) is 5.75 Å². The summed E-state index contributed by atoms with van der Waals surface area (Å²) in [6.45, 7) is 0.512. The average Bonchev–Trinajstić information content (AvgIpc) is 2.86. The Kier molecular flexibility index (Phi) is 6.72. The summed E-state index contributed by atoms with van der Waals surface area (Å²) in [4.78, 5) is 12.7. The van der Waals surface area contributed by atoms with Crippen molar-refractivity contribution in [2.24, 2.45) is 0 Å². The van der Waals surface area contributed by atoms with Crippen LogP contribution in [0.5, 0.6) is 5.75 Å². The van der Waals surface area contributed by atoms with E-state index in [2.05, 4.69) is 10.0 Å². The minimum absolute atomic E-state index is 0.166. The predicted molar refractivity (Wildman–Crippen MR) is 129 cm³/mol. The summed E-state index contributed by atoms with van der Waals surface area (Å²) in [6, 6.07) is 27.1. The molecular weight excluding hydrogens is 436 g/mol. The van der Waals surface area contributed by atoms with Gasteiger partial charge < -0.3 is 10.1 Å². The van der Waals surface area contributed by atoms with Gasteiger partial charge in [0.05, 0.1) is 17.6 Å². The van der Waals surface area contributed by atoms with E-state index in [1.165, 1.54) is 7.11 Å². The lowest BCUT2D eigenvalue weighted by molar-refractivity contribution is 0.0948. The number of fused-ring (bicyclic) bond motifs is 1. The Bertz CT molecular complexity index is 1380. The van der Waals surface area contributed by atoms with E-state index in [1.807, 2.05) is 54.6 Å². The lowest BCUT2D eigenvalue weighted by atomic mass is 10.1. The smallest absolute Gasteiger partial charge is 0.255 e. The number of hydrogen-bond donors (Lipinski definition) is 2. The third kappa shape index (κ3) is 5.22. The third-order valence-corrected chi connectivity index (χ3v) is 6.79. The summed E-state index contributed by atoms with van der Waals surface area (Å²) in [6.07, 6.45) is 0. The molecule has 0 unspecified atom stereocenters. The number of hydrogen-bond acceptors (Lipinski definition) is 4. The molecule has 4 aromatic carbocycles. The number of benzene rings is 4. The van der Waals surface area contributed by atoms with Crippen LogP contribution in [0.4, 0.5) is 0 Å². The second-order valence-corrected chi connectivity index (χ2v) is 9.24. The van der Waals surface area contributed by atoms with Gasteiger partial charge in [-0.05, 0) is 34.7 Å². The van der Waals surface area contributed by atoms with Crippen LogP contribution in [-0.2, 0) is 23.1 Å². The first kappa shape index (κ1) is 22.5. The van der Waals surface area contributed by atoms with Gasteiger partial charge in [-0.2, -0.15) is 0 Å². The summed E-state index contributed by atoms with van der Waals surface area (Å²) in [5, 5.41) is 4.44. The highest BCUT2D eigenvalue weighted by molar-refractivity contribution is 7.89. The first-order chi connectivity index (χ1) is 16.0. The maximum absolute atomic E-state index is 12.9. The predicted octanol–water partition coefficient (Wildman–Crippen LogP) is 4.26. The van der Waals surface area contributed by atoms with Crippen LogP contribution in [0.3, 0.4) is 0 Å². The Labute approximate surface area is 193 Å². The number of rotatable bonds is 8. The molecule has 0 radical (unpaired) electrons. The maximum atomic E-state index is 12.9. The van der Waals surface area contributed by atoms with Crippen molar-refractivity contribution in [2.45, 2.75) is 18.0 Å². The van der Waals surface area contributed by atoms with Gasteiger partial charge in [-0.15, -0.1) is 0 Å². The molecule has 0 aromatic heterocycles. The van der Waals surface area contributed by atoms with E-state index in [1.54, 1.807) is 36.4 Å². The maximum Gasteiger partial charge on any atom is 0.255 e. The molecule has 0 saturated carbocycles. The highest BCUT2D eigenvalue weighted by Gasteiger charge is 2.17. The molecule has 1 amide bonds. The second kappa shape index (κ2) is 9.85. The van der Waals surface area contributed by atoms with Crippen molar-refractivity contribution in [1.82, 2.24) is 10.0 Å².